The number of nitrogens with one attached hydrogen (secondary N) is 1. The molecule has 0 radical (unpaired) electrons. The first-order chi connectivity index (χ1) is 11.2. The second kappa shape index (κ2) is 7.63. The molecule has 0 spiro atoms. The van der Waals surface area contributed by atoms with Crippen LogP contribution in [-0.2, 0) is 19.6 Å². The normalized spacial score (nSPS) is 17.1. The van der Waals surface area contributed by atoms with Crippen LogP contribution in [0.15, 0.2) is 23.1 Å². The highest BCUT2D eigenvalue weighted by molar-refractivity contribution is 7.89. The van der Waals surface area contributed by atoms with Gasteiger partial charge in [0.2, 0.25) is 15.9 Å². The zero-order valence-electron chi connectivity index (χ0n) is 14.7. The summed E-state index contributed by atoms with van der Waals surface area (Å²) in [6.07, 6.45) is 0. The van der Waals surface area contributed by atoms with E-state index in [1.54, 1.807) is 23.1 Å². The van der Waals surface area contributed by atoms with E-state index in [0.717, 1.165) is 11.1 Å². The van der Waals surface area contributed by atoms with Gasteiger partial charge in [0.15, 0.2) is 0 Å². The fraction of sp³-hybridized carbons (Fsp3) is 0.588. The van der Waals surface area contributed by atoms with E-state index in [1.807, 2.05) is 27.7 Å². The van der Waals surface area contributed by atoms with Crippen molar-refractivity contribution in [3.8, 4) is 0 Å². The third kappa shape index (κ3) is 4.34. The molecule has 134 valence electrons. The molecular formula is C17H26N2O4S. The Morgan fingerprint density at radius 1 is 1.17 bits per heavy atom. The molecule has 1 atom stereocenters. The Bertz CT molecular complexity index is 695. The molecule has 0 saturated carbocycles. The summed E-state index contributed by atoms with van der Waals surface area (Å²) in [6, 6.07) is 4.20. The molecule has 0 unspecified atom stereocenters. The van der Waals surface area contributed by atoms with E-state index in [-0.39, 0.29) is 16.7 Å². The highest BCUT2D eigenvalue weighted by atomic mass is 32.2. The van der Waals surface area contributed by atoms with Crippen LogP contribution in [0.5, 0.6) is 0 Å². The molecule has 1 saturated heterocycles. The Kier molecular flexibility index (Phi) is 6.01. The number of benzene rings is 1. The second-order valence-corrected chi connectivity index (χ2v) is 8.24. The van der Waals surface area contributed by atoms with Crippen molar-refractivity contribution in [3.63, 3.8) is 0 Å². The standard InChI is InChI=1S/C17H26N2O4S/c1-12(2)16(17(20)19-7-9-23-10-8-19)18-24(21,22)15-6-5-13(3)14(4)11-15/h5-6,11-12,16,18H,7-10H2,1-4H3/t16-/m0/s1. The van der Waals surface area contributed by atoms with Crippen LogP contribution < -0.4 is 4.72 Å². The van der Waals surface area contributed by atoms with Crippen LogP contribution in [0.1, 0.15) is 25.0 Å². The van der Waals surface area contributed by atoms with Gasteiger partial charge < -0.3 is 9.64 Å². The first-order valence-electron chi connectivity index (χ1n) is 8.18. The fourth-order valence-corrected chi connectivity index (χ4v) is 3.99. The number of morpholine rings is 1. The van der Waals surface area contributed by atoms with Gasteiger partial charge in [-0.1, -0.05) is 19.9 Å². The van der Waals surface area contributed by atoms with Gasteiger partial charge in [-0.3, -0.25) is 4.79 Å². The summed E-state index contributed by atoms with van der Waals surface area (Å²) >= 11 is 0. The predicted molar refractivity (Wildman–Crippen MR) is 92.3 cm³/mol. The number of sulfonamides is 1. The van der Waals surface area contributed by atoms with Crippen molar-refractivity contribution in [2.45, 2.75) is 38.6 Å². The lowest BCUT2D eigenvalue weighted by atomic mass is 10.0. The van der Waals surface area contributed by atoms with Crippen molar-refractivity contribution >= 4 is 15.9 Å². The molecule has 0 bridgehead atoms. The summed E-state index contributed by atoms with van der Waals surface area (Å²) in [5.41, 5.74) is 1.93. The van der Waals surface area contributed by atoms with E-state index in [9.17, 15) is 13.2 Å². The first-order valence-corrected chi connectivity index (χ1v) is 9.67. The van der Waals surface area contributed by atoms with Crippen molar-refractivity contribution in [2.24, 2.45) is 5.92 Å². The maximum Gasteiger partial charge on any atom is 0.241 e. The maximum absolute atomic E-state index is 12.7. The van der Waals surface area contributed by atoms with Crippen LogP contribution in [0.4, 0.5) is 0 Å². The predicted octanol–water partition coefficient (Wildman–Crippen LogP) is 1.47. The molecule has 1 fully saturated rings. The Hall–Kier alpha value is -1.44. The van der Waals surface area contributed by atoms with Gasteiger partial charge in [-0.2, -0.15) is 4.72 Å². The van der Waals surface area contributed by atoms with Crippen molar-refractivity contribution < 1.29 is 17.9 Å². The molecule has 1 aromatic rings. The largest absolute Gasteiger partial charge is 0.378 e. The number of hydrogen-bond donors (Lipinski definition) is 1. The number of nitrogens with zero attached hydrogens (tertiary/aromatic N) is 1. The number of ether oxygens (including phenoxy) is 1. The second-order valence-electron chi connectivity index (χ2n) is 6.53. The molecule has 6 nitrogen and oxygen atoms in total. The Morgan fingerprint density at radius 3 is 2.33 bits per heavy atom. The summed E-state index contributed by atoms with van der Waals surface area (Å²) < 4.78 is 33.2. The Balaban J connectivity index is 2.22. The molecule has 7 heteroatoms. The Morgan fingerprint density at radius 2 is 1.79 bits per heavy atom. The highest BCUT2D eigenvalue weighted by Crippen LogP contribution is 2.17. The van der Waals surface area contributed by atoms with Gasteiger partial charge in [0.05, 0.1) is 18.1 Å². The number of rotatable bonds is 5. The Labute approximate surface area is 144 Å². The molecule has 0 aliphatic carbocycles. The van der Waals surface area contributed by atoms with Crippen LogP contribution in [0.25, 0.3) is 0 Å². The SMILES string of the molecule is Cc1ccc(S(=O)(=O)N[C@H](C(=O)N2CCOCC2)C(C)C)cc1C. The highest BCUT2D eigenvalue weighted by Gasteiger charge is 2.32. The minimum Gasteiger partial charge on any atom is -0.378 e. The quantitative estimate of drug-likeness (QED) is 0.869. The van der Waals surface area contributed by atoms with E-state index in [0.29, 0.717) is 26.3 Å². The van der Waals surface area contributed by atoms with Crippen LogP contribution in [0.2, 0.25) is 0 Å². The monoisotopic (exact) mass is 354 g/mol. The van der Waals surface area contributed by atoms with Gasteiger partial charge in [0, 0.05) is 13.1 Å². The molecule has 0 aromatic heterocycles. The van der Waals surface area contributed by atoms with Crippen LogP contribution in [0.3, 0.4) is 0 Å². The van der Waals surface area contributed by atoms with Crippen molar-refractivity contribution in [2.75, 3.05) is 26.3 Å². The lowest BCUT2D eigenvalue weighted by Crippen LogP contribution is -2.53. The number of amides is 1. The minimum atomic E-state index is -3.76. The van der Waals surface area contributed by atoms with Crippen molar-refractivity contribution in [1.82, 2.24) is 9.62 Å². The fourth-order valence-electron chi connectivity index (χ4n) is 2.57. The van der Waals surface area contributed by atoms with E-state index < -0.39 is 16.1 Å². The van der Waals surface area contributed by atoms with E-state index in [2.05, 4.69) is 4.72 Å². The molecular weight excluding hydrogens is 328 g/mol. The topological polar surface area (TPSA) is 75.7 Å². The molecule has 1 aliphatic rings. The molecule has 2 rings (SSSR count). The summed E-state index contributed by atoms with van der Waals surface area (Å²) in [4.78, 5) is 14.6. The third-order valence-corrected chi connectivity index (χ3v) is 5.77. The van der Waals surface area contributed by atoms with Gasteiger partial charge in [-0.15, -0.1) is 0 Å². The number of carbonyl (C=O) groups is 1. The van der Waals surface area contributed by atoms with Crippen LogP contribution >= 0.6 is 0 Å². The molecule has 1 N–H and O–H groups in total. The smallest absolute Gasteiger partial charge is 0.241 e. The van der Waals surface area contributed by atoms with Gasteiger partial charge in [-0.25, -0.2) is 8.42 Å². The van der Waals surface area contributed by atoms with E-state index in [1.165, 1.54) is 0 Å². The van der Waals surface area contributed by atoms with Gasteiger partial charge in [0.25, 0.3) is 0 Å². The van der Waals surface area contributed by atoms with Crippen molar-refractivity contribution in [3.05, 3.63) is 29.3 Å². The minimum absolute atomic E-state index is 0.151. The van der Waals surface area contributed by atoms with Gasteiger partial charge >= 0.3 is 0 Å². The molecule has 1 amide bonds. The first kappa shape index (κ1) is 18.9. The zero-order chi connectivity index (χ0) is 17.9. The molecule has 1 aromatic carbocycles. The van der Waals surface area contributed by atoms with Crippen LogP contribution in [0, 0.1) is 19.8 Å². The lowest BCUT2D eigenvalue weighted by Gasteiger charge is -2.32. The molecule has 1 aliphatic heterocycles. The zero-order valence-corrected chi connectivity index (χ0v) is 15.5. The van der Waals surface area contributed by atoms with Gasteiger partial charge in [-0.05, 0) is 43.0 Å². The van der Waals surface area contributed by atoms with E-state index in [4.69, 9.17) is 4.74 Å². The van der Waals surface area contributed by atoms with Gasteiger partial charge in [0.1, 0.15) is 6.04 Å². The van der Waals surface area contributed by atoms with Crippen LogP contribution in [-0.4, -0.2) is 51.6 Å². The van der Waals surface area contributed by atoms with E-state index >= 15 is 0 Å². The average molecular weight is 354 g/mol. The summed E-state index contributed by atoms with van der Waals surface area (Å²) in [6.45, 7) is 9.44. The summed E-state index contributed by atoms with van der Waals surface area (Å²) in [7, 11) is -3.76. The number of hydrogen-bond acceptors (Lipinski definition) is 4. The number of aryl methyl sites for hydroxylation is 2. The van der Waals surface area contributed by atoms with Crippen molar-refractivity contribution in [1.29, 1.82) is 0 Å². The third-order valence-electron chi connectivity index (χ3n) is 4.33. The summed E-state index contributed by atoms with van der Waals surface area (Å²) in [5.74, 6) is -0.345. The summed E-state index contributed by atoms with van der Waals surface area (Å²) in [5, 5.41) is 0. The lowest BCUT2D eigenvalue weighted by molar-refractivity contribution is -0.138. The number of carbonyl (C=O) groups excluding carboxylic acids is 1. The average Bonchev–Trinajstić information content (AvgIpc) is 2.55. The molecule has 1 heterocycles. The molecule has 24 heavy (non-hydrogen) atoms. The maximum atomic E-state index is 12.7.